The maximum absolute atomic E-state index is 5.05. The first kappa shape index (κ1) is 15.0. The molecular formula is C15H21N5O. The molecule has 0 bridgehead atoms. The van der Waals surface area contributed by atoms with Crippen molar-refractivity contribution in [2.45, 2.75) is 27.3 Å². The molecule has 0 atom stereocenters. The maximum atomic E-state index is 5.05. The number of anilines is 2. The highest BCUT2D eigenvalue weighted by Crippen LogP contribution is 2.20. The monoisotopic (exact) mass is 287 g/mol. The summed E-state index contributed by atoms with van der Waals surface area (Å²) in [5.74, 6) is 3.07. The Morgan fingerprint density at radius 2 is 1.81 bits per heavy atom. The molecule has 112 valence electrons. The van der Waals surface area contributed by atoms with Crippen molar-refractivity contribution in [1.29, 1.82) is 0 Å². The minimum absolute atomic E-state index is 0.613. The van der Waals surface area contributed by atoms with Crippen LogP contribution in [0.15, 0.2) is 18.3 Å². The summed E-state index contributed by atoms with van der Waals surface area (Å²) in [4.78, 5) is 13.1. The summed E-state index contributed by atoms with van der Waals surface area (Å²) in [7, 11) is 1.61. The Morgan fingerprint density at radius 1 is 1.10 bits per heavy atom. The van der Waals surface area contributed by atoms with E-state index in [1.165, 1.54) is 0 Å². The zero-order chi connectivity index (χ0) is 15.2. The summed E-state index contributed by atoms with van der Waals surface area (Å²) >= 11 is 0. The molecule has 2 aromatic rings. The van der Waals surface area contributed by atoms with Crippen LogP contribution in [0.1, 0.15) is 23.9 Å². The van der Waals surface area contributed by atoms with Crippen molar-refractivity contribution in [3.05, 3.63) is 35.3 Å². The normalized spacial score (nSPS) is 10.3. The number of nitrogens with zero attached hydrogens (tertiary/aromatic N) is 3. The second kappa shape index (κ2) is 6.88. The van der Waals surface area contributed by atoms with E-state index in [9.17, 15) is 0 Å². The van der Waals surface area contributed by atoms with Crippen molar-refractivity contribution < 1.29 is 4.74 Å². The number of hydrogen-bond donors (Lipinski definition) is 2. The first-order valence-corrected chi connectivity index (χ1v) is 6.96. The highest BCUT2D eigenvalue weighted by atomic mass is 16.5. The van der Waals surface area contributed by atoms with Crippen LogP contribution in [-0.4, -0.2) is 28.6 Å². The lowest BCUT2D eigenvalue weighted by Crippen LogP contribution is -2.10. The Morgan fingerprint density at radius 3 is 2.38 bits per heavy atom. The van der Waals surface area contributed by atoms with E-state index in [2.05, 4.69) is 25.6 Å². The first-order valence-electron chi connectivity index (χ1n) is 6.96. The SMILES string of the molecule is CCNc1nc(C)nc(NCc2ccc(OC)nc2)c1C. The highest BCUT2D eigenvalue weighted by Gasteiger charge is 2.08. The van der Waals surface area contributed by atoms with Gasteiger partial charge >= 0.3 is 0 Å². The van der Waals surface area contributed by atoms with Gasteiger partial charge in [0.25, 0.3) is 0 Å². The van der Waals surface area contributed by atoms with Crippen molar-refractivity contribution in [2.24, 2.45) is 0 Å². The largest absolute Gasteiger partial charge is 0.481 e. The molecule has 0 aromatic carbocycles. The summed E-state index contributed by atoms with van der Waals surface area (Å²) in [6, 6.07) is 3.83. The second-order valence-corrected chi connectivity index (χ2v) is 4.69. The number of pyridine rings is 1. The van der Waals surface area contributed by atoms with Crippen LogP contribution in [-0.2, 0) is 6.54 Å². The molecule has 0 amide bonds. The lowest BCUT2D eigenvalue weighted by atomic mass is 10.2. The second-order valence-electron chi connectivity index (χ2n) is 4.69. The number of aryl methyl sites for hydroxylation is 1. The van der Waals surface area contributed by atoms with Crippen molar-refractivity contribution in [3.63, 3.8) is 0 Å². The molecule has 0 saturated carbocycles. The Kier molecular flexibility index (Phi) is 4.92. The van der Waals surface area contributed by atoms with Gasteiger partial charge in [-0.1, -0.05) is 6.07 Å². The quantitative estimate of drug-likeness (QED) is 0.850. The van der Waals surface area contributed by atoms with Crippen LogP contribution in [0, 0.1) is 13.8 Å². The number of nitrogens with one attached hydrogen (secondary N) is 2. The molecule has 2 rings (SSSR count). The molecular weight excluding hydrogens is 266 g/mol. The minimum Gasteiger partial charge on any atom is -0.481 e. The fourth-order valence-electron chi connectivity index (χ4n) is 1.96. The fraction of sp³-hybridized carbons (Fsp3) is 0.400. The van der Waals surface area contributed by atoms with E-state index >= 15 is 0 Å². The third kappa shape index (κ3) is 3.81. The molecule has 6 heteroatoms. The van der Waals surface area contributed by atoms with Crippen molar-refractivity contribution in [2.75, 3.05) is 24.3 Å². The van der Waals surface area contributed by atoms with E-state index in [0.717, 1.165) is 35.1 Å². The van der Waals surface area contributed by atoms with E-state index in [1.54, 1.807) is 13.3 Å². The molecule has 0 unspecified atom stereocenters. The summed E-state index contributed by atoms with van der Waals surface area (Å²) in [5.41, 5.74) is 2.08. The van der Waals surface area contributed by atoms with Gasteiger partial charge in [-0.2, -0.15) is 0 Å². The van der Waals surface area contributed by atoms with E-state index < -0.39 is 0 Å². The first-order chi connectivity index (χ1) is 10.1. The number of ether oxygens (including phenoxy) is 1. The topological polar surface area (TPSA) is 72.0 Å². The van der Waals surface area contributed by atoms with Gasteiger partial charge < -0.3 is 15.4 Å². The molecule has 0 fully saturated rings. The Hall–Kier alpha value is -2.37. The number of hydrogen-bond acceptors (Lipinski definition) is 6. The molecule has 0 aliphatic carbocycles. The Bertz CT molecular complexity index is 598. The number of rotatable bonds is 6. The summed E-state index contributed by atoms with van der Waals surface area (Å²) in [5, 5.41) is 6.58. The van der Waals surface area contributed by atoms with Crippen LogP contribution in [0.4, 0.5) is 11.6 Å². The predicted octanol–water partition coefficient (Wildman–Crippen LogP) is 2.54. The Labute approximate surface area is 125 Å². The van der Waals surface area contributed by atoms with Crippen LogP contribution < -0.4 is 15.4 Å². The van der Waals surface area contributed by atoms with Crippen LogP contribution in [0.25, 0.3) is 0 Å². The molecule has 2 N–H and O–H groups in total. The van der Waals surface area contributed by atoms with Gasteiger partial charge in [-0.3, -0.25) is 0 Å². The van der Waals surface area contributed by atoms with E-state index in [1.807, 2.05) is 32.9 Å². The molecule has 2 heterocycles. The van der Waals surface area contributed by atoms with Crippen LogP contribution in [0.3, 0.4) is 0 Å². The van der Waals surface area contributed by atoms with Gasteiger partial charge in [0.05, 0.1) is 7.11 Å². The zero-order valence-electron chi connectivity index (χ0n) is 12.9. The zero-order valence-corrected chi connectivity index (χ0v) is 12.9. The lowest BCUT2D eigenvalue weighted by molar-refractivity contribution is 0.397. The summed E-state index contributed by atoms with van der Waals surface area (Å²) < 4.78 is 5.05. The molecule has 6 nitrogen and oxygen atoms in total. The number of aromatic nitrogens is 3. The van der Waals surface area contributed by atoms with Crippen LogP contribution in [0.5, 0.6) is 5.88 Å². The van der Waals surface area contributed by atoms with Crippen LogP contribution >= 0.6 is 0 Å². The van der Waals surface area contributed by atoms with Gasteiger partial charge in [-0.05, 0) is 26.3 Å². The average Bonchev–Trinajstić information content (AvgIpc) is 2.50. The van der Waals surface area contributed by atoms with Crippen molar-refractivity contribution >= 4 is 11.6 Å². The fourth-order valence-corrected chi connectivity index (χ4v) is 1.96. The molecule has 21 heavy (non-hydrogen) atoms. The van der Waals surface area contributed by atoms with Gasteiger partial charge in [-0.25, -0.2) is 15.0 Å². The van der Waals surface area contributed by atoms with E-state index in [-0.39, 0.29) is 0 Å². The Balaban J connectivity index is 2.11. The van der Waals surface area contributed by atoms with E-state index in [4.69, 9.17) is 4.74 Å². The van der Waals surface area contributed by atoms with Gasteiger partial charge in [0.15, 0.2) is 0 Å². The van der Waals surface area contributed by atoms with Gasteiger partial charge in [0.1, 0.15) is 17.5 Å². The highest BCUT2D eigenvalue weighted by molar-refractivity contribution is 5.57. The summed E-state index contributed by atoms with van der Waals surface area (Å²) in [6.07, 6.45) is 1.79. The molecule has 0 aliphatic heterocycles. The van der Waals surface area contributed by atoms with Gasteiger partial charge in [0.2, 0.25) is 5.88 Å². The molecule has 2 aromatic heterocycles. The standard InChI is InChI=1S/C15H21N5O/c1-5-16-14-10(2)15(20-11(3)19-14)18-9-12-6-7-13(21-4)17-8-12/h6-8H,5,9H2,1-4H3,(H2,16,18,19,20). The smallest absolute Gasteiger partial charge is 0.212 e. The minimum atomic E-state index is 0.613. The number of methoxy groups -OCH3 is 1. The molecule has 0 spiro atoms. The molecule has 0 radical (unpaired) electrons. The summed E-state index contributed by atoms with van der Waals surface area (Å²) in [6.45, 7) is 7.43. The molecule has 0 saturated heterocycles. The average molecular weight is 287 g/mol. The van der Waals surface area contributed by atoms with E-state index in [0.29, 0.717) is 12.4 Å². The van der Waals surface area contributed by atoms with Crippen molar-refractivity contribution in [3.8, 4) is 5.88 Å². The third-order valence-corrected chi connectivity index (χ3v) is 3.07. The predicted molar refractivity (Wildman–Crippen MR) is 83.8 cm³/mol. The third-order valence-electron chi connectivity index (χ3n) is 3.07. The lowest BCUT2D eigenvalue weighted by Gasteiger charge is -2.13. The van der Waals surface area contributed by atoms with Crippen molar-refractivity contribution in [1.82, 2.24) is 15.0 Å². The maximum Gasteiger partial charge on any atom is 0.212 e. The van der Waals surface area contributed by atoms with Gasteiger partial charge in [-0.15, -0.1) is 0 Å². The molecule has 0 aliphatic rings. The van der Waals surface area contributed by atoms with Crippen LogP contribution in [0.2, 0.25) is 0 Å². The van der Waals surface area contributed by atoms with Gasteiger partial charge in [0, 0.05) is 30.9 Å².